The summed E-state index contributed by atoms with van der Waals surface area (Å²) in [6.07, 6.45) is 10.2. The van der Waals surface area contributed by atoms with Crippen LogP contribution in [0, 0.1) is 5.92 Å². The van der Waals surface area contributed by atoms with Gasteiger partial charge in [0.05, 0.1) is 5.03 Å². The van der Waals surface area contributed by atoms with E-state index in [0.717, 1.165) is 24.4 Å². The molecule has 112 valence electrons. The van der Waals surface area contributed by atoms with E-state index in [2.05, 4.69) is 25.7 Å². The highest BCUT2D eigenvalue weighted by Gasteiger charge is 2.25. The molecular formula is C17H27NOS. The number of ketones is 1. The molecule has 1 saturated carbocycles. The predicted octanol–water partition coefficient (Wildman–Crippen LogP) is 5.08. The van der Waals surface area contributed by atoms with Crippen LogP contribution in [-0.2, 0) is 4.79 Å². The van der Waals surface area contributed by atoms with Crippen molar-refractivity contribution in [1.29, 1.82) is 0 Å². The number of hydrogen-bond acceptors (Lipinski definition) is 3. The molecule has 0 atom stereocenters. The van der Waals surface area contributed by atoms with Gasteiger partial charge in [-0.15, -0.1) is 0 Å². The smallest absolute Gasteiger partial charge is 0.161 e. The zero-order valence-electron chi connectivity index (χ0n) is 13.1. The second kappa shape index (κ2) is 7.35. The summed E-state index contributed by atoms with van der Waals surface area (Å²) in [6.45, 7) is 7.58. The Morgan fingerprint density at radius 3 is 2.65 bits per heavy atom. The first-order valence-corrected chi connectivity index (χ1v) is 8.83. The molecule has 0 aromatic rings. The van der Waals surface area contributed by atoms with Gasteiger partial charge in [0.25, 0.3) is 0 Å². The van der Waals surface area contributed by atoms with Crippen LogP contribution in [0.15, 0.2) is 21.7 Å². The molecular weight excluding hydrogens is 266 g/mol. The minimum atomic E-state index is 0.283. The molecule has 2 aliphatic rings. The van der Waals surface area contributed by atoms with Crippen LogP contribution in [0.25, 0.3) is 0 Å². The summed E-state index contributed by atoms with van der Waals surface area (Å²) < 4.78 is 0. The number of rotatable bonds is 5. The van der Waals surface area contributed by atoms with Crippen LogP contribution in [0.4, 0.5) is 0 Å². The highest BCUT2D eigenvalue weighted by Crippen LogP contribution is 2.41. The summed E-state index contributed by atoms with van der Waals surface area (Å²) >= 11 is 1.77. The molecule has 1 aliphatic heterocycles. The van der Waals surface area contributed by atoms with E-state index in [1.54, 1.807) is 11.8 Å². The average molecular weight is 293 g/mol. The Morgan fingerprint density at radius 2 is 2.00 bits per heavy atom. The fourth-order valence-corrected chi connectivity index (χ4v) is 4.05. The van der Waals surface area contributed by atoms with Crippen molar-refractivity contribution in [2.45, 2.75) is 65.7 Å². The van der Waals surface area contributed by atoms with Crippen molar-refractivity contribution in [3.8, 4) is 0 Å². The molecule has 0 radical (unpaired) electrons. The first-order valence-electron chi connectivity index (χ1n) is 8.02. The van der Waals surface area contributed by atoms with E-state index >= 15 is 0 Å². The molecule has 0 aromatic carbocycles. The molecule has 1 heterocycles. The van der Waals surface area contributed by atoms with Crippen molar-refractivity contribution >= 4 is 17.5 Å². The Hall–Kier alpha value is -0.700. The standard InChI is InChI=1S/C17H27NOS/c1-4-5-11-18-13(2)14(3)20-17(18)12-16(19)15-9-7-6-8-10-15/h12,15H,4-11H2,1-3H3/b17-12-. The van der Waals surface area contributed by atoms with Gasteiger partial charge in [0.15, 0.2) is 5.78 Å². The van der Waals surface area contributed by atoms with Gasteiger partial charge in [-0.3, -0.25) is 4.79 Å². The molecule has 0 spiro atoms. The first-order chi connectivity index (χ1) is 9.63. The van der Waals surface area contributed by atoms with Gasteiger partial charge >= 0.3 is 0 Å². The summed E-state index contributed by atoms with van der Waals surface area (Å²) in [7, 11) is 0. The molecule has 0 unspecified atom stereocenters. The highest BCUT2D eigenvalue weighted by molar-refractivity contribution is 8.06. The molecule has 1 fully saturated rings. The molecule has 0 amide bonds. The molecule has 0 N–H and O–H groups in total. The van der Waals surface area contributed by atoms with Crippen LogP contribution in [0.5, 0.6) is 0 Å². The Morgan fingerprint density at radius 1 is 1.30 bits per heavy atom. The summed E-state index contributed by atoms with van der Waals surface area (Å²) in [5, 5.41) is 1.16. The number of carbonyl (C=O) groups excluding carboxylic acids is 1. The lowest BCUT2D eigenvalue weighted by Gasteiger charge is -2.23. The van der Waals surface area contributed by atoms with E-state index in [4.69, 9.17) is 0 Å². The van der Waals surface area contributed by atoms with Gasteiger partial charge in [0.1, 0.15) is 0 Å². The van der Waals surface area contributed by atoms with Gasteiger partial charge in [-0.25, -0.2) is 0 Å². The number of hydrogen-bond donors (Lipinski definition) is 0. The fraction of sp³-hybridized carbons (Fsp3) is 0.706. The van der Waals surface area contributed by atoms with Gasteiger partial charge in [0, 0.05) is 29.1 Å². The van der Waals surface area contributed by atoms with E-state index < -0.39 is 0 Å². The second-order valence-electron chi connectivity index (χ2n) is 5.97. The largest absolute Gasteiger partial charge is 0.339 e. The summed E-state index contributed by atoms with van der Waals surface area (Å²) in [5.74, 6) is 0.641. The molecule has 0 aromatic heterocycles. The molecule has 20 heavy (non-hydrogen) atoms. The zero-order chi connectivity index (χ0) is 14.5. The van der Waals surface area contributed by atoms with Crippen LogP contribution < -0.4 is 0 Å². The van der Waals surface area contributed by atoms with Crippen molar-refractivity contribution in [3.63, 3.8) is 0 Å². The molecule has 3 heteroatoms. The van der Waals surface area contributed by atoms with Crippen LogP contribution in [-0.4, -0.2) is 17.2 Å². The number of nitrogens with zero attached hydrogens (tertiary/aromatic N) is 1. The van der Waals surface area contributed by atoms with Crippen LogP contribution in [0.3, 0.4) is 0 Å². The summed E-state index contributed by atoms with van der Waals surface area (Å²) in [4.78, 5) is 16.1. The summed E-state index contributed by atoms with van der Waals surface area (Å²) in [6, 6.07) is 0. The van der Waals surface area contributed by atoms with E-state index in [9.17, 15) is 4.79 Å². The lowest BCUT2D eigenvalue weighted by molar-refractivity contribution is -0.119. The van der Waals surface area contributed by atoms with Gasteiger partial charge in [-0.05, 0) is 33.1 Å². The highest BCUT2D eigenvalue weighted by atomic mass is 32.2. The maximum Gasteiger partial charge on any atom is 0.161 e. The van der Waals surface area contributed by atoms with Crippen molar-refractivity contribution < 1.29 is 4.79 Å². The number of thioether (sulfide) groups is 1. The third kappa shape index (κ3) is 3.69. The van der Waals surface area contributed by atoms with Crippen LogP contribution >= 0.6 is 11.8 Å². The van der Waals surface area contributed by atoms with Crippen molar-refractivity contribution in [3.05, 3.63) is 21.7 Å². The molecule has 2 nitrogen and oxygen atoms in total. The monoisotopic (exact) mass is 293 g/mol. The second-order valence-corrected chi connectivity index (χ2v) is 7.20. The van der Waals surface area contributed by atoms with Gasteiger partial charge in [-0.1, -0.05) is 44.4 Å². The maximum absolute atomic E-state index is 12.5. The molecule has 0 saturated heterocycles. The van der Waals surface area contributed by atoms with E-state index in [1.807, 2.05) is 6.08 Å². The van der Waals surface area contributed by atoms with Gasteiger partial charge < -0.3 is 4.90 Å². The topological polar surface area (TPSA) is 20.3 Å². The zero-order valence-corrected chi connectivity index (χ0v) is 13.9. The van der Waals surface area contributed by atoms with Crippen LogP contribution in [0.1, 0.15) is 65.7 Å². The van der Waals surface area contributed by atoms with Gasteiger partial charge in [-0.2, -0.15) is 0 Å². The van der Waals surface area contributed by atoms with Gasteiger partial charge in [0.2, 0.25) is 0 Å². The maximum atomic E-state index is 12.5. The van der Waals surface area contributed by atoms with Crippen molar-refractivity contribution in [2.75, 3.05) is 6.54 Å². The minimum Gasteiger partial charge on any atom is -0.339 e. The third-order valence-corrected chi connectivity index (χ3v) is 5.60. The molecule has 2 rings (SSSR count). The minimum absolute atomic E-state index is 0.283. The van der Waals surface area contributed by atoms with E-state index in [-0.39, 0.29) is 5.92 Å². The Kier molecular flexibility index (Phi) is 5.76. The number of carbonyl (C=O) groups is 1. The Bertz CT molecular complexity index is 419. The molecule has 1 aliphatic carbocycles. The third-order valence-electron chi connectivity index (χ3n) is 4.45. The summed E-state index contributed by atoms with van der Waals surface area (Å²) in [5.41, 5.74) is 1.33. The quantitative estimate of drug-likeness (QED) is 0.659. The average Bonchev–Trinajstić information content (AvgIpc) is 2.72. The van der Waals surface area contributed by atoms with Crippen molar-refractivity contribution in [1.82, 2.24) is 4.90 Å². The normalized spacial score (nSPS) is 22.9. The fourth-order valence-electron chi connectivity index (χ4n) is 2.97. The SMILES string of the molecule is CCCCN1C(C)=C(C)S/C1=C\C(=O)C1CCCCC1. The van der Waals surface area contributed by atoms with E-state index in [1.165, 1.54) is 42.7 Å². The lowest BCUT2D eigenvalue weighted by Crippen LogP contribution is -2.21. The predicted molar refractivity (Wildman–Crippen MR) is 87.2 cm³/mol. The van der Waals surface area contributed by atoms with E-state index in [0.29, 0.717) is 5.78 Å². The van der Waals surface area contributed by atoms with Crippen molar-refractivity contribution in [2.24, 2.45) is 5.92 Å². The molecule has 0 bridgehead atoms. The first kappa shape index (κ1) is 15.7. The number of allylic oxidation sites excluding steroid dienone is 3. The number of unbranched alkanes of at least 4 members (excludes halogenated alkanes) is 1. The lowest BCUT2D eigenvalue weighted by atomic mass is 9.86. The Labute approximate surface area is 127 Å². The Balaban J connectivity index is 2.05. The van der Waals surface area contributed by atoms with Crippen LogP contribution in [0.2, 0.25) is 0 Å².